The number of hydrogen-bond acceptors (Lipinski definition) is 6. The van der Waals surface area contributed by atoms with Gasteiger partial charge in [0.1, 0.15) is 12.4 Å². The second-order valence-electron chi connectivity index (χ2n) is 7.74. The number of benzene rings is 1. The van der Waals surface area contributed by atoms with Crippen molar-refractivity contribution in [1.82, 2.24) is 19.9 Å². The van der Waals surface area contributed by atoms with Gasteiger partial charge < -0.3 is 24.1 Å². The molecule has 1 unspecified atom stereocenters. The van der Waals surface area contributed by atoms with Gasteiger partial charge in [-0.25, -0.2) is 4.98 Å². The second kappa shape index (κ2) is 8.45. The molecule has 7 heteroatoms. The molecule has 0 saturated carbocycles. The Morgan fingerprint density at radius 1 is 1.10 bits per heavy atom. The van der Waals surface area contributed by atoms with Crippen molar-refractivity contribution in [2.45, 2.75) is 39.1 Å². The predicted octanol–water partition coefficient (Wildman–Crippen LogP) is 3.10. The van der Waals surface area contributed by atoms with E-state index in [0.29, 0.717) is 19.8 Å². The van der Waals surface area contributed by atoms with Gasteiger partial charge >= 0.3 is 0 Å². The number of fused-ring (bicyclic) bond motifs is 2. The molecule has 5 rings (SSSR count). The molecule has 0 fully saturated rings. The standard InChI is InChI=1S/C23H26N4O3/c1-16-4-2-5-18(25-16)11-24-12-19-13-27-14-20(26-23(27)15-30-19)17-6-7-21-22(10-17)29-9-3-8-28-21/h2,4-7,10,14,19,24H,3,8-9,11-13,15H2,1H3. The average molecular weight is 406 g/mol. The molecule has 7 nitrogen and oxygen atoms in total. The minimum absolute atomic E-state index is 0.105. The topological polar surface area (TPSA) is 70.4 Å². The van der Waals surface area contributed by atoms with Crippen LogP contribution in [0.1, 0.15) is 23.6 Å². The van der Waals surface area contributed by atoms with Crippen molar-refractivity contribution >= 4 is 0 Å². The van der Waals surface area contributed by atoms with E-state index in [1.807, 2.05) is 43.3 Å². The Morgan fingerprint density at radius 3 is 2.90 bits per heavy atom. The van der Waals surface area contributed by atoms with Gasteiger partial charge in [-0.3, -0.25) is 4.98 Å². The Kier molecular flexibility index (Phi) is 5.38. The number of aromatic nitrogens is 3. The molecule has 1 N–H and O–H groups in total. The molecule has 0 amide bonds. The zero-order chi connectivity index (χ0) is 20.3. The molecule has 3 aromatic rings. The first-order valence-electron chi connectivity index (χ1n) is 10.5. The highest BCUT2D eigenvalue weighted by atomic mass is 16.5. The first kappa shape index (κ1) is 19.1. The van der Waals surface area contributed by atoms with Crippen LogP contribution >= 0.6 is 0 Å². The van der Waals surface area contributed by atoms with Crippen LogP contribution in [-0.2, 0) is 24.4 Å². The number of pyridine rings is 1. The van der Waals surface area contributed by atoms with Gasteiger partial charge in [0, 0.05) is 37.0 Å². The lowest BCUT2D eigenvalue weighted by Gasteiger charge is -2.24. The van der Waals surface area contributed by atoms with E-state index in [4.69, 9.17) is 19.2 Å². The Labute approximate surface area is 176 Å². The minimum Gasteiger partial charge on any atom is -0.490 e. The molecule has 0 bridgehead atoms. The van der Waals surface area contributed by atoms with Crippen molar-refractivity contribution in [1.29, 1.82) is 0 Å². The smallest absolute Gasteiger partial charge is 0.161 e. The maximum Gasteiger partial charge on any atom is 0.161 e. The van der Waals surface area contributed by atoms with Gasteiger partial charge in [0.25, 0.3) is 0 Å². The number of aryl methyl sites for hydroxylation is 1. The maximum absolute atomic E-state index is 6.01. The summed E-state index contributed by atoms with van der Waals surface area (Å²) in [5, 5.41) is 3.46. The van der Waals surface area contributed by atoms with Crippen LogP contribution < -0.4 is 14.8 Å². The van der Waals surface area contributed by atoms with Crippen molar-refractivity contribution < 1.29 is 14.2 Å². The fraction of sp³-hybridized carbons (Fsp3) is 0.391. The molecule has 4 heterocycles. The van der Waals surface area contributed by atoms with E-state index in [1.165, 1.54) is 0 Å². The molecule has 156 valence electrons. The van der Waals surface area contributed by atoms with E-state index in [9.17, 15) is 0 Å². The van der Waals surface area contributed by atoms with Crippen LogP contribution in [0, 0.1) is 6.92 Å². The third-order valence-electron chi connectivity index (χ3n) is 5.38. The summed E-state index contributed by atoms with van der Waals surface area (Å²) in [5.41, 5.74) is 4.04. The van der Waals surface area contributed by atoms with Crippen LogP contribution in [0.5, 0.6) is 11.5 Å². The van der Waals surface area contributed by atoms with Crippen LogP contribution in [0.4, 0.5) is 0 Å². The van der Waals surface area contributed by atoms with Crippen LogP contribution in [0.2, 0.25) is 0 Å². The SMILES string of the molecule is Cc1cccc(CNCC2Cn3cc(-c4ccc5c(c4)OCCCO5)nc3CO2)n1. The van der Waals surface area contributed by atoms with E-state index in [0.717, 1.165) is 66.0 Å². The maximum atomic E-state index is 6.01. The van der Waals surface area contributed by atoms with Crippen LogP contribution in [-0.4, -0.2) is 40.4 Å². The molecule has 1 atom stereocenters. The normalized spacial score (nSPS) is 18.0. The van der Waals surface area contributed by atoms with Gasteiger partial charge in [-0.1, -0.05) is 6.07 Å². The Bertz CT molecular complexity index is 1030. The Hall–Kier alpha value is -2.90. The largest absolute Gasteiger partial charge is 0.490 e. The van der Waals surface area contributed by atoms with Crippen molar-refractivity contribution in [3.05, 3.63) is 59.8 Å². The summed E-state index contributed by atoms with van der Waals surface area (Å²) in [4.78, 5) is 9.30. The van der Waals surface area contributed by atoms with E-state index < -0.39 is 0 Å². The summed E-state index contributed by atoms with van der Waals surface area (Å²) >= 11 is 0. The van der Waals surface area contributed by atoms with Gasteiger partial charge in [0.05, 0.1) is 37.3 Å². The fourth-order valence-corrected chi connectivity index (χ4v) is 3.84. The highest BCUT2D eigenvalue weighted by molar-refractivity contribution is 5.64. The Balaban J connectivity index is 1.23. The summed E-state index contributed by atoms with van der Waals surface area (Å²) in [6.07, 6.45) is 3.11. The number of nitrogens with one attached hydrogen (secondary N) is 1. The molecule has 2 aliphatic heterocycles. The summed E-state index contributed by atoms with van der Waals surface area (Å²) in [6, 6.07) is 12.1. The molecule has 0 saturated heterocycles. The van der Waals surface area contributed by atoms with Gasteiger partial charge in [-0.2, -0.15) is 0 Å². The highest BCUT2D eigenvalue weighted by Gasteiger charge is 2.22. The second-order valence-corrected chi connectivity index (χ2v) is 7.74. The third kappa shape index (κ3) is 4.17. The minimum atomic E-state index is 0.105. The van der Waals surface area contributed by atoms with Crippen molar-refractivity contribution in [2.75, 3.05) is 19.8 Å². The van der Waals surface area contributed by atoms with Gasteiger partial charge in [-0.05, 0) is 37.3 Å². The van der Waals surface area contributed by atoms with E-state index >= 15 is 0 Å². The zero-order valence-corrected chi connectivity index (χ0v) is 17.1. The number of nitrogens with zero attached hydrogens (tertiary/aromatic N) is 3. The number of ether oxygens (including phenoxy) is 3. The lowest BCUT2D eigenvalue weighted by molar-refractivity contribution is 0.00274. The van der Waals surface area contributed by atoms with Crippen molar-refractivity contribution in [2.24, 2.45) is 0 Å². The summed E-state index contributed by atoms with van der Waals surface area (Å²) in [7, 11) is 0. The number of imidazole rings is 1. The summed E-state index contributed by atoms with van der Waals surface area (Å²) < 4.78 is 19.8. The first-order valence-corrected chi connectivity index (χ1v) is 10.5. The highest BCUT2D eigenvalue weighted by Crippen LogP contribution is 2.34. The molecular weight excluding hydrogens is 380 g/mol. The fourth-order valence-electron chi connectivity index (χ4n) is 3.84. The van der Waals surface area contributed by atoms with Crippen molar-refractivity contribution in [3.8, 4) is 22.8 Å². The number of rotatable bonds is 5. The molecule has 0 spiro atoms. The first-order chi connectivity index (χ1) is 14.7. The molecule has 2 aliphatic rings. The van der Waals surface area contributed by atoms with Crippen LogP contribution in [0.3, 0.4) is 0 Å². The number of hydrogen-bond donors (Lipinski definition) is 1. The third-order valence-corrected chi connectivity index (χ3v) is 5.38. The van der Waals surface area contributed by atoms with Gasteiger partial charge in [0.15, 0.2) is 11.5 Å². The zero-order valence-electron chi connectivity index (χ0n) is 17.1. The molecule has 0 aliphatic carbocycles. The molecule has 1 aromatic carbocycles. The van der Waals surface area contributed by atoms with E-state index in [-0.39, 0.29) is 6.10 Å². The summed E-state index contributed by atoms with van der Waals surface area (Å²) in [5.74, 6) is 2.55. The van der Waals surface area contributed by atoms with Gasteiger partial charge in [0.2, 0.25) is 0 Å². The molecule has 30 heavy (non-hydrogen) atoms. The van der Waals surface area contributed by atoms with E-state index in [1.54, 1.807) is 0 Å². The quantitative estimate of drug-likeness (QED) is 0.702. The average Bonchev–Trinajstić information content (AvgIpc) is 3.03. The van der Waals surface area contributed by atoms with E-state index in [2.05, 4.69) is 21.1 Å². The molecular formula is C23H26N4O3. The predicted molar refractivity (Wildman–Crippen MR) is 113 cm³/mol. The molecule has 2 aromatic heterocycles. The monoisotopic (exact) mass is 406 g/mol. The lowest BCUT2D eigenvalue weighted by atomic mass is 10.1. The van der Waals surface area contributed by atoms with Crippen LogP contribution in [0.15, 0.2) is 42.6 Å². The van der Waals surface area contributed by atoms with Crippen LogP contribution in [0.25, 0.3) is 11.3 Å². The Morgan fingerprint density at radius 2 is 2.00 bits per heavy atom. The lowest BCUT2D eigenvalue weighted by Crippen LogP contribution is -2.36. The van der Waals surface area contributed by atoms with Crippen molar-refractivity contribution in [3.63, 3.8) is 0 Å². The van der Waals surface area contributed by atoms with Gasteiger partial charge in [-0.15, -0.1) is 0 Å². The molecule has 0 radical (unpaired) electrons. The summed E-state index contributed by atoms with van der Waals surface area (Å²) in [6.45, 7) is 6.18.